The number of thiophene rings is 1. The van der Waals surface area contributed by atoms with Crippen molar-refractivity contribution in [1.29, 1.82) is 0 Å². The van der Waals surface area contributed by atoms with Gasteiger partial charge in [0.25, 0.3) is 0 Å². The van der Waals surface area contributed by atoms with Crippen LogP contribution >= 0.6 is 11.3 Å². The fraction of sp³-hybridized carbons (Fsp3) is 0.200. The summed E-state index contributed by atoms with van der Waals surface area (Å²) in [6.45, 7) is 0. The Morgan fingerprint density at radius 2 is 1.80 bits per heavy atom. The number of rotatable bonds is 3. The van der Waals surface area contributed by atoms with Crippen LogP contribution in [-0.2, 0) is 0 Å². The third-order valence-electron chi connectivity index (χ3n) is 1.84. The third-order valence-corrected chi connectivity index (χ3v) is 2.70. The predicted molar refractivity (Wildman–Crippen MR) is 58.4 cm³/mol. The van der Waals surface area contributed by atoms with Crippen LogP contribution in [0.4, 0.5) is 0 Å². The second-order valence-corrected chi connectivity index (χ2v) is 3.70. The summed E-state index contributed by atoms with van der Waals surface area (Å²) in [7, 11) is 3.14. The minimum atomic E-state index is 0.505. The van der Waals surface area contributed by atoms with Gasteiger partial charge in [-0.2, -0.15) is 9.97 Å². The van der Waals surface area contributed by atoms with Gasteiger partial charge < -0.3 is 9.47 Å². The standard InChI is InChI=1S/C10H10N2O2S/c1-13-8-6-9(14-2)12-10(11-8)7-4-3-5-15-7/h3-6H,1-2H3. The molecule has 0 fully saturated rings. The lowest BCUT2D eigenvalue weighted by Gasteiger charge is -2.04. The van der Waals surface area contributed by atoms with E-state index in [1.165, 1.54) is 0 Å². The highest BCUT2D eigenvalue weighted by atomic mass is 32.1. The molecular formula is C10H10N2O2S. The summed E-state index contributed by atoms with van der Waals surface area (Å²) < 4.78 is 10.1. The first-order chi connectivity index (χ1) is 7.33. The fourth-order valence-electron chi connectivity index (χ4n) is 1.13. The molecule has 0 aromatic carbocycles. The topological polar surface area (TPSA) is 44.2 Å². The van der Waals surface area contributed by atoms with E-state index >= 15 is 0 Å². The number of nitrogens with zero attached hydrogens (tertiary/aromatic N) is 2. The van der Waals surface area contributed by atoms with E-state index in [0.717, 1.165) is 4.88 Å². The minimum Gasteiger partial charge on any atom is -0.481 e. The number of hydrogen-bond donors (Lipinski definition) is 0. The van der Waals surface area contributed by atoms with Gasteiger partial charge in [0.15, 0.2) is 5.82 Å². The molecule has 2 heterocycles. The summed E-state index contributed by atoms with van der Waals surface area (Å²) in [5.74, 6) is 1.64. The maximum atomic E-state index is 5.07. The smallest absolute Gasteiger partial charge is 0.220 e. The van der Waals surface area contributed by atoms with Crippen LogP contribution in [-0.4, -0.2) is 24.2 Å². The van der Waals surface area contributed by atoms with Crippen molar-refractivity contribution in [2.75, 3.05) is 14.2 Å². The Morgan fingerprint density at radius 3 is 2.27 bits per heavy atom. The molecule has 0 radical (unpaired) electrons. The molecule has 0 aliphatic heterocycles. The van der Waals surface area contributed by atoms with Crippen LogP contribution in [0.3, 0.4) is 0 Å². The number of methoxy groups -OCH3 is 2. The minimum absolute atomic E-state index is 0.505. The molecule has 0 atom stereocenters. The highest BCUT2D eigenvalue weighted by Crippen LogP contribution is 2.25. The van der Waals surface area contributed by atoms with Gasteiger partial charge >= 0.3 is 0 Å². The van der Waals surface area contributed by atoms with Crippen LogP contribution in [0.15, 0.2) is 23.6 Å². The monoisotopic (exact) mass is 222 g/mol. The Bertz CT molecular complexity index is 420. The summed E-state index contributed by atoms with van der Waals surface area (Å²) in [4.78, 5) is 9.47. The highest BCUT2D eigenvalue weighted by molar-refractivity contribution is 7.13. The van der Waals surface area contributed by atoms with Crippen LogP contribution in [0, 0.1) is 0 Å². The van der Waals surface area contributed by atoms with E-state index in [1.54, 1.807) is 31.6 Å². The second kappa shape index (κ2) is 4.27. The van der Waals surface area contributed by atoms with E-state index in [9.17, 15) is 0 Å². The van der Waals surface area contributed by atoms with Crippen molar-refractivity contribution in [2.45, 2.75) is 0 Å². The van der Waals surface area contributed by atoms with Crippen molar-refractivity contribution in [3.63, 3.8) is 0 Å². The molecule has 2 aromatic heterocycles. The van der Waals surface area contributed by atoms with Crippen molar-refractivity contribution in [2.24, 2.45) is 0 Å². The van der Waals surface area contributed by atoms with Gasteiger partial charge in [0.05, 0.1) is 25.2 Å². The first-order valence-electron chi connectivity index (χ1n) is 4.34. The van der Waals surface area contributed by atoms with Crippen molar-refractivity contribution in [3.05, 3.63) is 23.6 Å². The Hall–Kier alpha value is -1.62. The molecule has 5 heteroatoms. The van der Waals surface area contributed by atoms with Gasteiger partial charge in [-0.1, -0.05) is 6.07 Å². The molecule has 0 saturated heterocycles. The summed E-state index contributed by atoms with van der Waals surface area (Å²) >= 11 is 1.58. The van der Waals surface area contributed by atoms with Crippen LogP contribution in [0.5, 0.6) is 11.8 Å². The lowest BCUT2D eigenvalue weighted by atomic mass is 10.4. The normalized spacial score (nSPS) is 10.0. The zero-order valence-electron chi connectivity index (χ0n) is 8.43. The third kappa shape index (κ3) is 2.07. The maximum absolute atomic E-state index is 5.07. The summed E-state index contributed by atoms with van der Waals surface area (Å²) in [6, 6.07) is 5.56. The average molecular weight is 222 g/mol. The zero-order chi connectivity index (χ0) is 10.7. The van der Waals surface area contributed by atoms with Crippen molar-refractivity contribution in [3.8, 4) is 22.5 Å². The van der Waals surface area contributed by atoms with Gasteiger partial charge in [-0.25, -0.2) is 0 Å². The maximum Gasteiger partial charge on any atom is 0.220 e. The van der Waals surface area contributed by atoms with Crippen molar-refractivity contribution in [1.82, 2.24) is 9.97 Å². The number of ether oxygens (including phenoxy) is 2. The van der Waals surface area contributed by atoms with Crippen LogP contribution in [0.2, 0.25) is 0 Å². The van der Waals surface area contributed by atoms with Crippen LogP contribution in [0.1, 0.15) is 0 Å². The van der Waals surface area contributed by atoms with E-state index < -0.39 is 0 Å². The summed E-state index contributed by atoms with van der Waals surface area (Å²) in [5, 5.41) is 1.98. The lowest BCUT2D eigenvalue weighted by molar-refractivity contribution is 0.373. The molecule has 78 valence electrons. The molecule has 15 heavy (non-hydrogen) atoms. The van der Waals surface area contributed by atoms with Crippen LogP contribution in [0.25, 0.3) is 10.7 Å². The Morgan fingerprint density at radius 1 is 1.13 bits per heavy atom. The van der Waals surface area contributed by atoms with E-state index in [2.05, 4.69) is 9.97 Å². The summed E-state index contributed by atoms with van der Waals surface area (Å²) in [6.07, 6.45) is 0. The number of hydrogen-bond acceptors (Lipinski definition) is 5. The first-order valence-corrected chi connectivity index (χ1v) is 5.22. The molecule has 0 unspecified atom stereocenters. The zero-order valence-corrected chi connectivity index (χ0v) is 9.25. The Kier molecular flexibility index (Phi) is 2.82. The average Bonchev–Trinajstić information content (AvgIpc) is 2.81. The van der Waals surface area contributed by atoms with E-state index in [1.807, 2.05) is 17.5 Å². The second-order valence-electron chi connectivity index (χ2n) is 2.75. The summed E-state index contributed by atoms with van der Waals surface area (Å²) in [5.41, 5.74) is 0. The molecule has 0 bridgehead atoms. The Labute approximate surface area is 91.5 Å². The molecule has 0 amide bonds. The first kappa shape index (κ1) is 9.92. The molecule has 0 aliphatic rings. The molecule has 2 rings (SSSR count). The quantitative estimate of drug-likeness (QED) is 0.798. The van der Waals surface area contributed by atoms with Gasteiger partial charge in [0.2, 0.25) is 11.8 Å². The SMILES string of the molecule is COc1cc(OC)nc(-c2cccs2)n1. The van der Waals surface area contributed by atoms with Gasteiger partial charge in [0, 0.05) is 0 Å². The van der Waals surface area contributed by atoms with E-state index in [-0.39, 0.29) is 0 Å². The van der Waals surface area contributed by atoms with E-state index in [4.69, 9.17) is 9.47 Å². The molecule has 0 aliphatic carbocycles. The largest absolute Gasteiger partial charge is 0.481 e. The molecular weight excluding hydrogens is 212 g/mol. The molecule has 2 aromatic rings. The van der Waals surface area contributed by atoms with Crippen molar-refractivity contribution < 1.29 is 9.47 Å². The number of aromatic nitrogens is 2. The van der Waals surface area contributed by atoms with Gasteiger partial charge in [-0.05, 0) is 11.4 Å². The van der Waals surface area contributed by atoms with Crippen molar-refractivity contribution >= 4 is 11.3 Å². The lowest BCUT2D eigenvalue weighted by Crippen LogP contribution is -1.96. The van der Waals surface area contributed by atoms with Gasteiger partial charge in [-0.15, -0.1) is 11.3 Å². The molecule has 4 nitrogen and oxygen atoms in total. The van der Waals surface area contributed by atoms with E-state index in [0.29, 0.717) is 17.6 Å². The van der Waals surface area contributed by atoms with Gasteiger partial charge in [0.1, 0.15) is 0 Å². The van der Waals surface area contributed by atoms with Crippen LogP contribution < -0.4 is 9.47 Å². The molecule has 0 spiro atoms. The molecule has 0 saturated carbocycles. The fourth-order valence-corrected chi connectivity index (χ4v) is 1.79. The highest BCUT2D eigenvalue weighted by Gasteiger charge is 2.07. The molecule has 0 N–H and O–H groups in total. The predicted octanol–water partition coefficient (Wildman–Crippen LogP) is 2.22. The van der Waals surface area contributed by atoms with Gasteiger partial charge in [-0.3, -0.25) is 0 Å². The Balaban J connectivity index is 2.47.